The summed E-state index contributed by atoms with van der Waals surface area (Å²) in [6, 6.07) is 54.5. The fourth-order valence-corrected chi connectivity index (χ4v) is 10.8. The van der Waals surface area contributed by atoms with Crippen LogP contribution >= 0.6 is 0 Å². The van der Waals surface area contributed by atoms with Crippen LogP contribution in [0.25, 0.3) is 111 Å². The molecule has 0 aliphatic carbocycles. The van der Waals surface area contributed by atoms with E-state index < -0.39 is 60.1 Å². The van der Waals surface area contributed by atoms with Crippen LogP contribution in [0.5, 0.6) is 11.5 Å². The van der Waals surface area contributed by atoms with Gasteiger partial charge in [0.05, 0.1) is 63.9 Å². The van der Waals surface area contributed by atoms with Crippen LogP contribution in [0.1, 0.15) is 42.8 Å². The van der Waals surface area contributed by atoms with Crippen LogP contribution in [0.2, 0.25) is 0 Å². The van der Waals surface area contributed by atoms with Gasteiger partial charge in [-0.05, 0) is 94.2 Å². The van der Waals surface area contributed by atoms with Crippen LogP contribution in [-0.4, -0.2) is 18.7 Å². The van der Waals surface area contributed by atoms with Crippen molar-refractivity contribution in [3.63, 3.8) is 0 Å². The molecule has 0 aliphatic rings. The van der Waals surface area contributed by atoms with Gasteiger partial charge in [0.2, 0.25) is 0 Å². The zero-order valence-corrected chi connectivity index (χ0v) is 42.1. The van der Waals surface area contributed by atoms with E-state index in [9.17, 15) is 8.22 Å². The monoisotopic (exact) mass is 1000 g/mol. The zero-order valence-electron chi connectivity index (χ0n) is 54.1. The van der Waals surface area contributed by atoms with Crippen LogP contribution in [0.4, 0.5) is 0 Å². The summed E-state index contributed by atoms with van der Waals surface area (Å²) in [6.07, 6.45) is 3.64. The number of rotatable bonds is 10. The highest BCUT2D eigenvalue weighted by Crippen LogP contribution is 2.42. The van der Waals surface area contributed by atoms with Crippen molar-refractivity contribution in [3.8, 4) is 67.8 Å². The van der Waals surface area contributed by atoms with E-state index in [0.29, 0.717) is 78.5 Å². The third-order valence-corrected chi connectivity index (χ3v) is 13.9. The minimum atomic E-state index is -1.76. The SMILES string of the molecule is [2H]c1c([2H])c([2H])c(-c2cccc(-n3c4ccccc4c4cccc(-c5c([2H])c([2H])c([2H])c([2H])c5[2H])c43)c2-[n+]2[c-]n(-c3cccc(Oc4ccc5c6ccccc6n(-c6cc(C([2H])([2H])C(C)(C)C)c(-c7ccccc7)cn6)c5c4)c3)c3ccccc32)c([2H])c1[2H]. The second kappa shape index (κ2) is 18.6. The Hall–Kier alpha value is -9.78. The quantitative estimate of drug-likeness (QED) is 0.101. The average Bonchev–Trinajstić information content (AvgIpc) is 1.68. The first kappa shape index (κ1) is 34.7. The number of para-hydroxylation sites is 6. The highest BCUT2D eigenvalue weighted by Gasteiger charge is 2.25. The summed E-state index contributed by atoms with van der Waals surface area (Å²) >= 11 is 0. The molecule has 4 aromatic heterocycles. The van der Waals surface area contributed by atoms with E-state index in [2.05, 4.69) is 17.0 Å². The van der Waals surface area contributed by atoms with E-state index in [1.54, 1.807) is 30.5 Å². The summed E-state index contributed by atoms with van der Waals surface area (Å²) in [5.41, 5.74) is 7.52. The fraction of sp³-hybridized carbons (Fsp3) is 0.0704. The first-order valence-electron chi connectivity index (χ1n) is 31.4. The third kappa shape index (κ3) is 8.05. The molecule has 4 heterocycles. The van der Waals surface area contributed by atoms with Gasteiger partial charge in [-0.25, -0.2) is 4.98 Å². The summed E-state index contributed by atoms with van der Waals surface area (Å²) in [5.74, 6) is 1.55. The Labute approximate surface area is 464 Å². The number of hydrogen-bond acceptors (Lipinski definition) is 2. The molecule has 0 aliphatic heterocycles. The molecule has 14 rings (SSSR count). The first-order valence-corrected chi connectivity index (χ1v) is 25.4. The zero-order chi connectivity index (χ0) is 62.1. The Morgan fingerprint density at radius 3 is 1.90 bits per heavy atom. The maximum Gasteiger partial charge on any atom is 0.269 e. The van der Waals surface area contributed by atoms with Gasteiger partial charge in [-0.15, -0.1) is 0 Å². The maximum absolute atomic E-state index is 9.57. The Morgan fingerprint density at radius 1 is 0.519 bits per heavy atom. The van der Waals surface area contributed by atoms with Crippen molar-refractivity contribution in [2.75, 3.05) is 0 Å². The van der Waals surface area contributed by atoms with Crippen LogP contribution in [-0.2, 0) is 6.37 Å². The highest BCUT2D eigenvalue weighted by atomic mass is 16.5. The highest BCUT2D eigenvalue weighted by molar-refractivity contribution is 6.14. The van der Waals surface area contributed by atoms with Crippen LogP contribution in [0.3, 0.4) is 0 Å². The summed E-state index contributed by atoms with van der Waals surface area (Å²) in [4.78, 5) is 5.05. The number of benzene rings is 10. The van der Waals surface area contributed by atoms with Crippen molar-refractivity contribution < 1.29 is 25.8 Å². The van der Waals surface area contributed by atoms with E-state index in [1.807, 2.05) is 192 Å². The van der Waals surface area contributed by atoms with Crippen LogP contribution < -0.4 is 9.30 Å². The second-order valence-corrected chi connectivity index (χ2v) is 19.9. The van der Waals surface area contributed by atoms with Gasteiger partial charge in [0.15, 0.2) is 0 Å². The molecule has 0 saturated carbocycles. The molecule has 368 valence electrons. The lowest BCUT2D eigenvalue weighted by Gasteiger charge is -2.21. The Morgan fingerprint density at radius 2 is 1.13 bits per heavy atom. The van der Waals surface area contributed by atoms with Crippen LogP contribution in [0.15, 0.2) is 255 Å². The molecule has 0 saturated heterocycles. The summed E-state index contributed by atoms with van der Waals surface area (Å²) < 4.78 is 123. The van der Waals surface area contributed by atoms with Gasteiger partial charge in [0.25, 0.3) is 6.33 Å². The van der Waals surface area contributed by atoms with Crippen molar-refractivity contribution in [2.24, 2.45) is 5.41 Å². The van der Waals surface area contributed by atoms with Gasteiger partial charge < -0.3 is 9.30 Å². The van der Waals surface area contributed by atoms with Crippen molar-refractivity contribution >= 4 is 54.6 Å². The van der Waals surface area contributed by atoms with E-state index >= 15 is 0 Å². The summed E-state index contributed by atoms with van der Waals surface area (Å²) in [5, 5.41) is 3.43. The molecule has 0 N–H and O–H groups in total. The molecule has 6 nitrogen and oxygen atoms in total. The summed E-state index contributed by atoms with van der Waals surface area (Å²) in [6.45, 7) is 5.71. The number of nitrogens with zero attached hydrogens (tertiary/aromatic N) is 5. The largest absolute Gasteiger partial charge is 0.458 e. The van der Waals surface area contributed by atoms with E-state index in [-0.39, 0.29) is 28.8 Å². The number of fused-ring (bicyclic) bond motifs is 7. The second-order valence-electron chi connectivity index (χ2n) is 19.9. The van der Waals surface area contributed by atoms with Gasteiger partial charge in [-0.2, -0.15) is 0 Å². The molecular formula is C71H53N5O. The van der Waals surface area contributed by atoms with Gasteiger partial charge in [0, 0.05) is 47.7 Å². The molecule has 10 aromatic carbocycles. The molecule has 0 bridgehead atoms. The molecule has 0 unspecified atom stereocenters. The molecule has 6 heteroatoms. The van der Waals surface area contributed by atoms with E-state index in [4.69, 9.17) is 17.9 Å². The van der Waals surface area contributed by atoms with Crippen molar-refractivity contribution in [1.82, 2.24) is 18.7 Å². The average molecular weight is 1000 g/mol. The lowest BCUT2D eigenvalue weighted by Crippen LogP contribution is -2.32. The number of hydrogen-bond donors (Lipinski definition) is 0. The van der Waals surface area contributed by atoms with E-state index in [1.165, 1.54) is 0 Å². The minimum Gasteiger partial charge on any atom is -0.458 e. The Bertz CT molecular complexity index is 5220. The normalized spacial score (nSPS) is 14.3. The molecule has 77 heavy (non-hydrogen) atoms. The Kier molecular flexibility index (Phi) is 8.35. The van der Waals surface area contributed by atoms with E-state index in [0.717, 1.165) is 32.8 Å². The molecule has 0 fully saturated rings. The minimum absolute atomic E-state index is 0.00373. The lowest BCUT2D eigenvalue weighted by molar-refractivity contribution is -0.571. The predicted octanol–water partition coefficient (Wildman–Crippen LogP) is 17.7. The fourth-order valence-electron chi connectivity index (χ4n) is 10.8. The molecule has 14 aromatic rings. The predicted molar refractivity (Wildman–Crippen MR) is 316 cm³/mol. The number of aromatic nitrogens is 5. The number of pyridine rings is 1. The molecule has 0 amide bonds. The molecular weight excluding hydrogens is 939 g/mol. The third-order valence-electron chi connectivity index (χ3n) is 13.9. The van der Waals surface area contributed by atoms with Crippen molar-refractivity contribution in [2.45, 2.75) is 27.1 Å². The first-order chi connectivity index (χ1) is 42.7. The maximum atomic E-state index is 9.57. The Balaban J connectivity index is 0.956. The van der Waals surface area contributed by atoms with Gasteiger partial charge in [0.1, 0.15) is 17.3 Å². The van der Waals surface area contributed by atoms with Crippen LogP contribution in [0, 0.1) is 11.7 Å². The lowest BCUT2D eigenvalue weighted by atomic mass is 9.85. The number of imidazole rings is 1. The molecule has 0 atom stereocenters. The van der Waals surface area contributed by atoms with Crippen molar-refractivity contribution in [1.29, 1.82) is 0 Å². The standard InChI is InChI=1S/C71H53N5O/c1-71(2,3)45-51-42-68(72-46-61(51)50-26-11-6-12-27-50)75-62-35-15-13-30-57(62)59-41-40-54(44-67(59)75)77-53-29-19-28-52(43-53)73-47-74(65-38-18-17-37-64(65)73)70-56(49-24-9-5-10-25-49)33-21-39-66(70)76-63-36-16-14-31-58(63)60-34-20-32-55(69(60)76)48-22-7-4-8-23-48/h4-44,46H,45H2,1-3H3/i4D,5D,7D,8D,9D,10D,22D,23D,24D,25D,45D2. The topological polar surface area (TPSA) is 40.8 Å². The smallest absolute Gasteiger partial charge is 0.269 e. The van der Waals surface area contributed by atoms with Gasteiger partial charge in [-0.3, -0.25) is 13.7 Å². The van der Waals surface area contributed by atoms with Gasteiger partial charge in [-0.1, -0.05) is 209 Å². The molecule has 0 spiro atoms. The van der Waals surface area contributed by atoms with Gasteiger partial charge >= 0.3 is 0 Å². The number of ether oxygens (including phenoxy) is 1. The molecule has 0 radical (unpaired) electrons. The van der Waals surface area contributed by atoms with Crippen molar-refractivity contribution in [3.05, 3.63) is 267 Å². The summed E-state index contributed by atoms with van der Waals surface area (Å²) in [7, 11) is 0.